The van der Waals surface area contributed by atoms with Crippen molar-refractivity contribution in [2.75, 3.05) is 10.8 Å². The van der Waals surface area contributed by atoms with E-state index in [9.17, 15) is 26.8 Å². The molecule has 0 bridgehead atoms. The first-order chi connectivity index (χ1) is 17.9. The van der Waals surface area contributed by atoms with Crippen LogP contribution in [0.4, 0.5) is 14.5 Å². The summed E-state index contributed by atoms with van der Waals surface area (Å²) in [7, 11) is -4.30. The molecule has 202 valence electrons. The van der Waals surface area contributed by atoms with Gasteiger partial charge in [-0.25, -0.2) is 17.2 Å². The monoisotopic (exact) mass is 563 g/mol. The summed E-state index contributed by atoms with van der Waals surface area (Å²) in [5, 5.41) is 2.42. The summed E-state index contributed by atoms with van der Waals surface area (Å²) in [5.41, 5.74) is 0.501. The maximum absolute atomic E-state index is 13.9. The normalized spacial score (nSPS) is 12.2. The lowest BCUT2D eigenvalue weighted by atomic mass is 10.1. The molecule has 0 heterocycles. The summed E-state index contributed by atoms with van der Waals surface area (Å²) in [5.74, 6) is -2.38. The van der Waals surface area contributed by atoms with Gasteiger partial charge >= 0.3 is 0 Å². The molecule has 0 fully saturated rings. The molecule has 0 aromatic heterocycles. The van der Waals surface area contributed by atoms with Gasteiger partial charge in [0.25, 0.3) is 10.0 Å². The Kier molecular flexibility index (Phi) is 9.45. The van der Waals surface area contributed by atoms with E-state index in [2.05, 4.69) is 5.32 Å². The predicted molar refractivity (Wildman–Crippen MR) is 142 cm³/mol. The Bertz CT molecular complexity index is 1390. The van der Waals surface area contributed by atoms with Gasteiger partial charge in [-0.15, -0.1) is 0 Å². The van der Waals surface area contributed by atoms with Crippen LogP contribution in [0.3, 0.4) is 0 Å². The molecule has 0 aliphatic rings. The van der Waals surface area contributed by atoms with Crippen molar-refractivity contribution in [3.63, 3.8) is 0 Å². The van der Waals surface area contributed by atoms with Crippen molar-refractivity contribution in [2.45, 2.75) is 44.3 Å². The third-order valence-corrected chi connectivity index (χ3v) is 7.74. The van der Waals surface area contributed by atoms with Crippen molar-refractivity contribution < 1.29 is 26.8 Å². The average Bonchev–Trinajstić information content (AvgIpc) is 2.88. The lowest BCUT2D eigenvalue weighted by Crippen LogP contribution is -2.52. The first-order valence-electron chi connectivity index (χ1n) is 11.8. The number of amides is 2. The van der Waals surface area contributed by atoms with E-state index in [-0.39, 0.29) is 28.2 Å². The number of carbonyl (C=O) groups excluding carboxylic acids is 2. The maximum Gasteiger partial charge on any atom is 0.264 e. The minimum Gasteiger partial charge on any atom is -0.352 e. The minimum atomic E-state index is -4.30. The Labute approximate surface area is 226 Å². The number of nitrogens with zero attached hydrogens (tertiary/aromatic N) is 2. The van der Waals surface area contributed by atoms with Gasteiger partial charge < -0.3 is 10.2 Å². The number of benzene rings is 3. The average molecular weight is 564 g/mol. The SMILES string of the molecule is CC(C)NC(=O)[C@H](C)N(Cc1ccc(F)cc1)C(=O)CN(c1ccc(F)c(Cl)c1)S(=O)(=O)c1ccccc1. The highest BCUT2D eigenvalue weighted by Gasteiger charge is 2.33. The van der Waals surface area contributed by atoms with E-state index >= 15 is 0 Å². The number of nitrogens with one attached hydrogen (secondary N) is 1. The third-order valence-electron chi connectivity index (χ3n) is 5.67. The van der Waals surface area contributed by atoms with Gasteiger partial charge in [0.05, 0.1) is 15.6 Å². The van der Waals surface area contributed by atoms with E-state index in [0.717, 1.165) is 16.4 Å². The van der Waals surface area contributed by atoms with Crippen LogP contribution in [-0.2, 0) is 26.2 Å². The van der Waals surface area contributed by atoms with Gasteiger partial charge in [-0.2, -0.15) is 0 Å². The van der Waals surface area contributed by atoms with Crippen LogP contribution in [0.2, 0.25) is 5.02 Å². The summed E-state index contributed by atoms with van der Waals surface area (Å²) in [6.07, 6.45) is 0. The van der Waals surface area contributed by atoms with Crippen LogP contribution >= 0.6 is 11.6 Å². The second-order valence-corrected chi connectivity index (χ2v) is 11.2. The number of carbonyl (C=O) groups is 2. The zero-order chi connectivity index (χ0) is 28.0. The van der Waals surface area contributed by atoms with Crippen LogP contribution in [0, 0.1) is 11.6 Å². The highest BCUT2D eigenvalue weighted by molar-refractivity contribution is 7.92. The number of halogens is 3. The Morgan fingerprint density at radius 3 is 2.16 bits per heavy atom. The zero-order valence-corrected chi connectivity index (χ0v) is 22.6. The quantitative estimate of drug-likeness (QED) is 0.385. The molecule has 0 saturated carbocycles. The van der Waals surface area contributed by atoms with Crippen molar-refractivity contribution in [1.82, 2.24) is 10.2 Å². The molecule has 1 atom stereocenters. The second-order valence-electron chi connectivity index (χ2n) is 8.91. The molecule has 1 N–H and O–H groups in total. The summed E-state index contributed by atoms with van der Waals surface area (Å²) < 4.78 is 55.4. The molecule has 0 radical (unpaired) electrons. The molecule has 7 nitrogen and oxygen atoms in total. The van der Waals surface area contributed by atoms with Crippen molar-refractivity contribution in [3.8, 4) is 0 Å². The Balaban J connectivity index is 2.04. The number of rotatable bonds is 10. The van der Waals surface area contributed by atoms with Crippen molar-refractivity contribution >= 4 is 39.1 Å². The van der Waals surface area contributed by atoms with Gasteiger partial charge in [-0.3, -0.25) is 13.9 Å². The molecule has 0 aliphatic carbocycles. The molecule has 0 aliphatic heterocycles. The molecule has 0 unspecified atom stereocenters. The smallest absolute Gasteiger partial charge is 0.264 e. The predicted octanol–water partition coefficient (Wildman–Crippen LogP) is 4.76. The molecule has 3 aromatic rings. The number of anilines is 1. The minimum absolute atomic E-state index is 0.0328. The summed E-state index contributed by atoms with van der Waals surface area (Å²) >= 11 is 5.94. The molecule has 0 spiro atoms. The Morgan fingerprint density at radius 1 is 0.947 bits per heavy atom. The standard InChI is InChI=1S/C27H28ClF2N3O4S/c1-18(2)31-27(35)19(3)32(16-20-9-11-21(29)12-10-20)26(34)17-33(22-13-14-25(30)24(28)15-22)38(36,37)23-7-5-4-6-8-23/h4-15,18-19H,16-17H2,1-3H3,(H,31,35)/t19-/m0/s1. The van der Waals surface area contributed by atoms with E-state index in [0.29, 0.717) is 5.56 Å². The first kappa shape index (κ1) is 29.1. The summed E-state index contributed by atoms with van der Waals surface area (Å²) in [4.78, 5) is 27.7. The van der Waals surface area contributed by atoms with Crippen molar-refractivity contribution in [1.29, 1.82) is 0 Å². The number of sulfonamides is 1. The lowest BCUT2D eigenvalue weighted by Gasteiger charge is -2.32. The lowest BCUT2D eigenvalue weighted by molar-refractivity contribution is -0.139. The Hall–Kier alpha value is -3.50. The first-order valence-corrected chi connectivity index (χ1v) is 13.6. The van der Waals surface area contributed by atoms with Crippen molar-refractivity contribution in [3.05, 3.63) is 95.0 Å². The van der Waals surface area contributed by atoms with Crippen LogP contribution < -0.4 is 9.62 Å². The van der Waals surface area contributed by atoms with Gasteiger partial charge in [0.2, 0.25) is 11.8 Å². The molecule has 2 amide bonds. The number of hydrogen-bond acceptors (Lipinski definition) is 4. The molecular weight excluding hydrogens is 536 g/mol. The van der Waals surface area contributed by atoms with E-state index in [1.165, 1.54) is 66.4 Å². The zero-order valence-electron chi connectivity index (χ0n) is 21.1. The van der Waals surface area contributed by atoms with Crippen molar-refractivity contribution in [2.24, 2.45) is 0 Å². The van der Waals surface area contributed by atoms with Crippen LogP contribution in [-0.4, -0.2) is 43.8 Å². The Morgan fingerprint density at radius 2 is 1.58 bits per heavy atom. The molecule has 0 saturated heterocycles. The summed E-state index contributed by atoms with van der Waals surface area (Å²) in [6.45, 7) is 4.26. The topological polar surface area (TPSA) is 86.8 Å². The van der Waals surface area contributed by atoms with Crippen LogP contribution in [0.15, 0.2) is 77.7 Å². The van der Waals surface area contributed by atoms with Crippen LogP contribution in [0.1, 0.15) is 26.3 Å². The van der Waals surface area contributed by atoms with E-state index < -0.39 is 46.1 Å². The second kappa shape index (κ2) is 12.4. The highest BCUT2D eigenvalue weighted by Crippen LogP contribution is 2.28. The third kappa shape index (κ3) is 7.08. The fourth-order valence-electron chi connectivity index (χ4n) is 3.66. The van der Waals surface area contributed by atoms with E-state index in [1.807, 2.05) is 0 Å². The molecule has 3 aromatic carbocycles. The molecular formula is C27H28ClF2N3O4S. The van der Waals surface area contributed by atoms with Gasteiger partial charge in [-0.1, -0.05) is 41.9 Å². The van der Waals surface area contributed by atoms with Gasteiger partial charge in [-0.05, 0) is 68.8 Å². The van der Waals surface area contributed by atoms with Gasteiger partial charge in [0.15, 0.2) is 0 Å². The van der Waals surface area contributed by atoms with E-state index in [1.54, 1.807) is 19.9 Å². The fourth-order valence-corrected chi connectivity index (χ4v) is 5.26. The molecule has 38 heavy (non-hydrogen) atoms. The maximum atomic E-state index is 13.9. The summed E-state index contributed by atoms with van der Waals surface area (Å²) in [6, 6.07) is 15.0. The fraction of sp³-hybridized carbons (Fsp3) is 0.259. The largest absolute Gasteiger partial charge is 0.352 e. The van der Waals surface area contributed by atoms with Crippen LogP contribution in [0.25, 0.3) is 0 Å². The van der Waals surface area contributed by atoms with Gasteiger partial charge in [0.1, 0.15) is 24.2 Å². The number of hydrogen-bond donors (Lipinski definition) is 1. The highest BCUT2D eigenvalue weighted by atomic mass is 35.5. The van der Waals surface area contributed by atoms with E-state index in [4.69, 9.17) is 11.6 Å². The van der Waals surface area contributed by atoms with Crippen LogP contribution in [0.5, 0.6) is 0 Å². The molecule has 11 heteroatoms. The molecule has 3 rings (SSSR count). The van der Waals surface area contributed by atoms with Gasteiger partial charge in [0, 0.05) is 12.6 Å².